The normalized spacial score (nSPS) is 33.3. The maximum absolute atomic E-state index is 12.5. The largest absolute Gasteiger partial charge is 0.324 e. The maximum Gasteiger partial charge on any atom is 0.320 e. The SMILES string of the molecule is CC1CCCN(C(=O)N(C)C2CCCCC2C)C1. The smallest absolute Gasteiger partial charge is 0.320 e. The number of nitrogens with zero attached hydrogens (tertiary/aromatic N) is 2. The summed E-state index contributed by atoms with van der Waals surface area (Å²) in [5.74, 6) is 1.33. The van der Waals surface area contributed by atoms with Gasteiger partial charge in [-0.2, -0.15) is 0 Å². The van der Waals surface area contributed by atoms with Crippen LogP contribution in [0.3, 0.4) is 0 Å². The Bertz CT molecular complexity index is 292. The molecule has 0 aromatic rings. The quantitative estimate of drug-likeness (QED) is 0.702. The highest BCUT2D eigenvalue weighted by Crippen LogP contribution is 2.28. The number of likely N-dealkylation sites (tertiary alicyclic amines) is 1. The minimum Gasteiger partial charge on any atom is -0.324 e. The summed E-state index contributed by atoms with van der Waals surface area (Å²) in [6.45, 7) is 6.45. The number of hydrogen-bond acceptors (Lipinski definition) is 1. The van der Waals surface area contributed by atoms with Crippen molar-refractivity contribution in [2.24, 2.45) is 11.8 Å². The first-order valence-corrected chi connectivity index (χ1v) is 7.61. The Hall–Kier alpha value is -0.730. The second kappa shape index (κ2) is 5.94. The zero-order valence-electron chi connectivity index (χ0n) is 12.2. The molecule has 0 N–H and O–H groups in total. The summed E-state index contributed by atoms with van der Waals surface area (Å²) in [7, 11) is 2.01. The van der Waals surface area contributed by atoms with Crippen molar-refractivity contribution in [1.29, 1.82) is 0 Å². The number of piperidine rings is 1. The van der Waals surface area contributed by atoms with Crippen LogP contribution in [0.4, 0.5) is 4.79 Å². The van der Waals surface area contributed by atoms with E-state index in [1.165, 1.54) is 38.5 Å². The zero-order valence-corrected chi connectivity index (χ0v) is 12.2. The van der Waals surface area contributed by atoms with E-state index in [4.69, 9.17) is 0 Å². The first-order chi connectivity index (χ1) is 8.59. The number of rotatable bonds is 1. The molecule has 1 saturated heterocycles. The van der Waals surface area contributed by atoms with Crippen molar-refractivity contribution in [1.82, 2.24) is 9.80 Å². The van der Waals surface area contributed by atoms with Gasteiger partial charge in [-0.25, -0.2) is 4.79 Å². The van der Waals surface area contributed by atoms with Crippen LogP contribution in [0, 0.1) is 11.8 Å². The van der Waals surface area contributed by atoms with Gasteiger partial charge in [-0.05, 0) is 37.5 Å². The van der Waals surface area contributed by atoms with Gasteiger partial charge in [-0.15, -0.1) is 0 Å². The van der Waals surface area contributed by atoms with Crippen LogP contribution >= 0.6 is 0 Å². The molecule has 18 heavy (non-hydrogen) atoms. The first-order valence-electron chi connectivity index (χ1n) is 7.61. The third kappa shape index (κ3) is 2.99. The van der Waals surface area contributed by atoms with E-state index in [2.05, 4.69) is 18.7 Å². The number of amides is 2. The average Bonchev–Trinajstić information content (AvgIpc) is 2.37. The lowest BCUT2D eigenvalue weighted by Crippen LogP contribution is -2.51. The molecule has 1 saturated carbocycles. The van der Waals surface area contributed by atoms with Crippen LogP contribution < -0.4 is 0 Å². The van der Waals surface area contributed by atoms with Crippen molar-refractivity contribution < 1.29 is 4.79 Å². The lowest BCUT2D eigenvalue weighted by molar-refractivity contribution is 0.101. The van der Waals surface area contributed by atoms with Crippen molar-refractivity contribution in [3.63, 3.8) is 0 Å². The summed E-state index contributed by atoms with van der Waals surface area (Å²) < 4.78 is 0. The van der Waals surface area contributed by atoms with Crippen molar-refractivity contribution in [3.05, 3.63) is 0 Å². The number of carbonyl (C=O) groups is 1. The van der Waals surface area contributed by atoms with Crippen LogP contribution in [0.15, 0.2) is 0 Å². The summed E-state index contributed by atoms with van der Waals surface area (Å²) in [4.78, 5) is 16.6. The molecule has 1 aliphatic carbocycles. The van der Waals surface area contributed by atoms with Crippen LogP contribution in [-0.2, 0) is 0 Å². The van der Waals surface area contributed by atoms with Gasteiger partial charge < -0.3 is 9.80 Å². The van der Waals surface area contributed by atoms with Gasteiger partial charge in [0.1, 0.15) is 0 Å². The second-order valence-electron chi connectivity index (χ2n) is 6.42. The second-order valence-corrected chi connectivity index (χ2v) is 6.42. The number of urea groups is 1. The summed E-state index contributed by atoms with van der Waals surface area (Å²) in [6.07, 6.45) is 7.52. The first kappa shape index (κ1) is 13.7. The van der Waals surface area contributed by atoms with Crippen LogP contribution in [-0.4, -0.2) is 42.0 Å². The molecule has 0 aromatic heterocycles. The average molecular weight is 252 g/mol. The lowest BCUT2D eigenvalue weighted by atomic mass is 9.85. The van der Waals surface area contributed by atoms with E-state index in [1.54, 1.807) is 0 Å². The van der Waals surface area contributed by atoms with Crippen LogP contribution in [0.1, 0.15) is 52.4 Å². The van der Waals surface area contributed by atoms with Gasteiger partial charge >= 0.3 is 6.03 Å². The Morgan fingerprint density at radius 3 is 2.50 bits per heavy atom. The van der Waals surface area contributed by atoms with Gasteiger partial charge in [0.15, 0.2) is 0 Å². The molecule has 3 heteroatoms. The van der Waals surface area contributed by atoms with Gasteiger partial charge in [-0.3, -0.25) is 0 Å². The predicted octanol–water partition coefficient (Wildman–Crippen LogP) is 3.35. The van der Waals surface area contributed by atoms with Gasteiger partial charge in [0.25, 0.3) is 0 Å². The van der Waals surface area contributed by atoms with Crippen molar-refractivity contribution in [2.75, 3.05) is 20.1 Å². The van der Waals surface area contributed by atoms with Gasteiger partial charge in [0, 0.05) is 26.2 Å². The van der Waals surface area contributed by atoms with E-state index >= 15 is 0 Å². The molecule has 2 rings (SSSR count). The third-order valence-electron chi connectivity index (χ3n) is 4.79. The fourth-order valence-corrected chi connectivity index (χ4v) is 3.60. The molecule has 0 radical (unpaired) electrons. The van der Waals surface area contributed by atoms with Gasteiger partial charge in [0.05, 0.1) is 0 Å². The van der Waals surface area contributed by atoms with Gasteiger partial charge in [-0.1, -0.05) is 26.7 Å². The molecule has 0 bridgehead atoms. The van der Waals surface area contributed by atoms with Gasteiger partial charge in [0.2, 0.25) is 0 Å². The Morgan fingerprint density at radius 2 is 1.83 bits per heavy atom. The molecular weight excluding hydrogens is 224 g/mol. The monoisotopic (exact) mass is 252 g/mol. The molecule has 3 atom stereocenters. The van der Waals surface area contributed by atoms with Crippen LogP contribution in [0.2, 0.25) is 0 Å². The topological polar surface area (TPSA) is 23.6 Å². The predicted molar refractivity (Wildman–Crippen MR) is 74.6 cm³/mol. The maximum atomic E-state index is 12.5. The van der Waals surface area contributed by atoms with E-state index in [-0.39, 0.29) is 6.03 Å². The number of carbonyl (C=O) groups excluding carboxylic acids is 1. The van der Waals surface area contributed by atoms with E-state index in [0.29, 0.717) is 17.9 Å². The summed E-state index contributed by atoms with van der Waals surface area (Å²) in [5, 5.41) is 0. The minimum atomic E-state index is 0.264. The highest BCUT2D eigenvalue weighted by Gasteiger charge is 2.31. The zero-order chi connectivity index (χ0) is 13.1. The van der Waals surface area contributed by atoms with Crippen LogP contribution in [0.5, 0.6) is 0 Å². The minimum absolute atomic E-state index is 0.264. The Balaban J connectivity index is 1.94. The third-order valence-corrected chi connectivity index (χ3v) is 4.79. The molecule has 3 nitrogen and oxygen atoms in total. The summed E-state index contributed by atoms with van der Waals surface area (Å²) in [6, 6.07) is 0.726. The Kier molecular flexibility index (Phi) is 4.52. The molecule has 104 valence electrons. The van der Waals surface area contributed by atoms with Crippen molar-refractivity contribution >= 4 is 6.03 Å². The van der Waals surface area contributed by atoms with Crippen molar-refractivity contribution in [2.45, 2.75) is 58.4 Å². The highest BCUT2D eigenvalue weighted by molar-refractivity contribution is 5.74. The molecule has 0 spiro atoms. The van der Waals surface area contributed by atoms with E-state index in [0.717, 1.165) is 13.1 Å². The summed E-state index contributed by atoms with van der Waals surface area (Å²) >= 11 is 0. The van der Waals surface area contributed by atoms with E-state index in [1.807, 2.05) is 11.9 Å². The number of hydrogen-bond donors (Lipinski definition) is 0. The molecule has 1 aliphatic heterocycles. The molecule has 3 unspecified atom stereocenters. The molecule has 0 aromatic carbocycles. The van der Waals surface area contributed by atoms with E-state index in [9.17, 15) is 4.79 Å². The van der Waals surface area contributed by atoms with Crippen LogP contribution in [0.25, 0.3) is 0 Å². The Labute approximate surface area is 112 Å². The standard InChI is InChI=1S/C15H28N2O/c1-12-7-6-10-17(11-12)15(18)16(3)14-9-5-4-8-13(14)2/h12-14H,4-11H2,1-3H3. The lowest BCUT2D eigenvalue weighted by Gasteiger charge is -2.40. The molecule has 1 heterocycles. The highest BCUT2D eigenvalue weighted by atomic mass is 16.2. The van der Waals surface area contributed by atoms with E-state index < -0.39 is 0 Å². The molecular formula is C15H28N2O. The fraction of sp³-hybridized carbons (Fsp3) is 0.933. The molecule has 2 amide bonds. The van der Waals surface area contributed by atoms with Crippen molar-refractivity contribution in [3.8, 4) is 0 Å². The fourth-order valence-electron chi connectivity index (χ4n) is 3.60. The molecule has 2 fully saturated rings. The summed E-state index contributed by atoms with van der Waals surface area (Å²) in [5.41, 5.74) is 0. The molecule has 2 aliphatic rings. The Morgan fingerprint density at radius 1 is 1.11 bits per heavy atom.